The Hall–Kier alpha value is -2.25. The van der Waals surface area contributed by atoms with E-state index in [1.54, 1.807) is 32.0 Å². The summed E-state index contributed by atoms with van der Waals surface area (Å²) in [6.45, 7) is 3.66. The number of rotatable bonds is 5. The average molecular weight is 350 g/mol. The molecule has 128 valence electrons. The molecule has 3 N–H and O–H groups in total. The fourth-order valence-electron chi connectivity index (χ4n) is 2.37. The van der Waals surface area contributed by atoms with Gasteiger partial charge in [-0.3, -0.25) is 4.79 Å². The van der Waals surface area contributed by atoms with Gasteiger partial charge in [0.25, 0.3) is 5.91 Å². The Morgan fingerprint density at radius 1 is 1.21 bits per heavy atom. The van der Waals surface area contributed by atoms with E-state index in [9.17, 15) is 17.6 Å². The van der Waals surface area contributed by atoms with Crippen molar-refractivity contribution in [3.05, 3.63) is 64.5 Å². The standard InChI is InChI=1S/C17H19FN2O3S/c1-11-8-14(10-16(12(11)2)24(19,22)23)17(21)20-7-6-13-4-3-5-15(18)9-13/h3-5,8-10H,6-7H2,1-2H3,(H,20,21)(H2,19,22,23). The fourth-order valence-corrected chi connectivity index (χ4v) is 3.25. The summed E-state index contributed by atoms with van der Waals surface area (Å²) < 4.78 is 36.3. The molecule has 0 bridgehead atoms. The lowest BCUT2D eigenvalue weighted by molar-refractivity contribution is 0.0954. The van der Waals surface area contributed by atoms with Crippen LogP contribution in [-0.2, 0) is 16.4 Å². The number of nitrogens with one attached hydrogen (secondary N) is 1. The van der Waals surface area contributed by atoms with Crippen molar-refractivity contribution in [2.75, 3.05) is 6.54 Å². The Balaban J connectivity index is 2.11. The first-order chi connectivity index (χ1) is 11.2. The molecule has 0 saturated carbocycles. The normalized spacial score (nSPS) is 11.3. The predicted octanol–water partition coefficient (Wildman–Crippen LogP) is 2.06. The maximum absolute atomic E-state index is 13.1. The first-order valence-electron chi connectivity index (χ1n) is 7.35. The summed E-state index contributed by atoms with van der Waals surface area (Å²) in [5, 5.41) is 7.89. The number of primary sulfonamides is 1. The van der Waals surface area contributed by atoms with Gasteiger partial charge in [0, 0.05) is 12.1 Å². The SMILES string of the molecule is Cc1cc(C(=O)NCCc2cccc(F)c2)cc(S(N)(=O)=O)c1C. The van der Waals surface area contributed by atoms with Crippen LogP contribution in [0.2, 0.25) is 0 Å². The predicted molar refractivity (Wildman–Crippen MR) is 89.7 cm³/mol. The smallest absolute Gasteiger partial charge is 0.251 e. The molecular weight excluding hydrogens is 331 g/mol. The second-order valence-corrected chi connectivity index (χ2v) is 7.13. The lowest BCUT2D eigenvalue weighted by Gasteiger charge is -2.11. The Morgan fingerprint density at radius 2 is 1.92 bits per heavy atom. The van der Waals surface area contributed by atoms with Crippen molar-refractivity contribution in [1.82, 2.24) is 5.32 Å². The van der Waals surface area contributed by atoms with Gasteiger partial charge in [-0.05, 0) is 61.2 Å². The third-order valence-electron chi connectivity index (χ3n) is 3.78. The van der Waals surface area contributed by atoms with Crippen LogP contribution in [0.3, 0.4) is 0 Å². The van der Waals surface area contributed by atoms with Crippen LogP contribution in [0.1, 0.15) is 27.0 Å². The van der Waals surface area contributed by atoms with Gasteiger partial charge in [-0.2, -0.15) is 0 Å². The monoisotopic (exact) mass is 350 g/mol. The number of nitrogens with two attached hydrogens (primary N) is 1. The van der Waals surface area contributed by atoms with Crippen molar-refractivity contribution < 1.29 is 17.6 Å². The Kier molecular flexibility index (Phi) is 5.36. The number of halogens is 1. The highest BCUT2D eigenvalue weighted by molar-refractivity contribution is 7.89. The van der Waals surface area contributed by atoms with Gasteiger partial charge in [0.05, 0.1) is 4.90 Å². The van der Waals surface area contributed by atoms with Crippen molar-refractivity contribution in [3.8, 4) is 0 Å². The van der Waals surface area contributed by atoms with E-state index in [-0.39, 0.29) is 16.3 Å². The van der Waals surface area contributed by atoms with Crippen molar-refractivity contribution in [1.29, 1.82) is 0 Å². The summed E-state index contributed by atoms with van der Waals surface area (Å²) in [6.07, 6.45) is 0.469. The van der Waals surface area contributed by atoms with Crippen LogP contribution in [0.4, 0.5) is 4.39 Å². The number of benzene rings is 2. The average Bonchev–Trinajstić information content (AvgIpc) is 2.48. The summed E-state index contributed by atoms with van der Waals surface area (Å²) in [6, 6.07) is 9.02. The summed E-state index contributed by atoms with van der Waals surface area (Å²) in [5.74, 6) is -0.731. The zero-order valence-corrected chi connectivity index (χ0v) is 14.3. The van der Waals surface area contributed by atoms with Crippen LogP contribution < -0.4 is 10.5 Å². The number of sulfonamides is 1. The molecule has 0 aliphatic rings. The van der Waals surface area contributed by atoms with E-state index < -0.39 is 15.9 Å². The quantitative estimate of drug-likeness (QED) is 0.865. The molecule has 2 rings (SSSR count). The van der Waals surface area contributed by atoms with Crippen LogP contribution in [0.15, 0.2) is 41.3 Å². The van der Waals surface area contributed by atoms with E-state index in [0.717, 1.165) is 5.56 Å². The Bertz CT molecular complexity index is 879. The van der Waals surface area contributed by atoms with Crippen molar-refractivity contribution >= 4 is 15.9 Å². The zero-order chi connectivity index (χ0) is 17.9. The maximum atomic E-state index is 13.1. The minimum atomic E-state index is -3.90. The molecule has 0 radical (unpaired) electrons. The van der Waals surface area contributed by atoms with E-state index in [4.69, 9.17) is 5.14 Å². The van der Waals surface area contributed by atoms with Crippen LogP contribution in [0, 0.1) is 19.7 Å². The number of carbonyl (C=O) groups excluding carboxylic acids is 1. The third kappa shape index (κ3) is 4.39. The first kappa shape index (κ1) is 18.1. The van der Waals surface area contributed by atoms with E-state index in [2.05, 4.69) is 5.32 Å². The Labute approximate surface area is 140 Å². The minimum Gasteiger partial charge on any atom is -0.352 e. The van der Waals surface area contributed by atoms with Crippen molar-refractivity contribution in [2.24, 2.45) is 5.14 Å². The lowest BCUT2D eigenvalue weighted by Crippen LogP contribution is -2.26. The van der Waals surface area contributed by atoms with Crippen molar-refractivity contribution in [2.45, 2.75) is 25.2 Å². The summed E-state index contributed by atoms with van der Waals surface area (Å²) in [5.41, 5.74) is 2.17. The topological polar surface area (TPSA) is 89.3 Å². The molecule has 0 atom stereocenters. The Morgan fingerprint density at radius 3 is 2.54 bits per heavy atom. The number of amides is 1. The highest BCUT2D eigenvalue weighted by atomic mass is 32.2. The second kappa shape index (κ2) is 7.11. The number of hydrogen-bond donors (Lipinski definition) is 2. The van der Waals surface area contributed by atoms with Crippen LogP contribution >= 0.6 is 0 Å². The molecule has 2 aromatic carbocycles. The fraction of sp³-hybridized carbons (Fsp3) is 0.235. The summed E-state index contributed by atoms with van der Waals surface area (Å²) >= 11 is 0. The molecule has 0 aliphatic heterocycles. The van der Waals surface area contributed by atoms with Gasteiger partial charge in [0.2, 0.25) is 10.0 Å². The number of aryl methyl sites for hydroxylation is 1. The molecule has 0 fully saturated rings. The van der Waals surface area contributed by atoms with Gasteiger partial charge in [-0.25, -0.2) is 17.9 Å². The molecule has 1 amide bonds. The summed E-state index contributed by atoms with van der Waals surface area (Å²) in [4.78, 5) is 12.2. The van der Waals surface area contributed by atoms with Gasteiger partial charge in [-0.1, -0.05) is 12.1 Å². The summed E-state index contributed by atoms with van der Waals surface area (Å²) in [7, 11) is -3.90. The molecule has 0 aliphatic carbocycles. The third-order valence-corrected chi connectivity index (χ3v) is 4.81. The van der Waals surface area contributed by atoms with E-state index >= 15 is 0 Å². The maximum Gasteiger partial charge on any atom is 0.251 e. The molecule has 0 unspecified atom stereocenters. The molecule has 0 aromatic heterocycles. The molecule has 0 saturated heterocycles. The van der Waals surface area contributed by atoms with Gasteiger partial charge in [0.15, 0.2) is 0 Å². The highest BCUT2D eigenvalue weighted by Crippen LogP contribution is 2.20. The van der Waals surface area contributed by atoms with Gasteiger partial charge in [0.1, 0.15) is 5.82 Å². The molecular formula is C17H19FN2O3S. The van der Waals surface area contributed by atoms with E-state index in [1.807, 2.05) is 0 Å². The number of carbonyl (C=O) groups is 1. The van der Waals surface area contributed by atoms with E-state index in [1.165, 1.54) is 18.2 Å². The minimum absolute atomic E-state index is 0.0576. The van der Waals surface area contributed by atoms with Crippen LogP contribution in [0.5, 0.6) is 0 Å². The molecule has 0 heterocycles. The molecule has 5 nitrogen and oxygen atoms in total. The van der Waals surface area contributed by atoms with Crippen LogP contribution in [-0.4, -0.2) is 20.9 Å². The second-order valence-electron chi connectivity index (χ2n) is 5.60. The largest absolute Gasteiger partial charge is 0.352 e. The van der Waals surface area contributed by atoms with Crippen LogP contribution in [0.25, 0.3) is 0 Å². The molecule has 0 spiro atoms. The zero-order valence-electron chi connectivity index (χ0n) is 13.5. The van der Waals surface area contributed by atoms with Gasteiger partial charge in [-0.15, -0.1) is 0 Å². The lowest BCUT2D eigenvalue weighted by atomic mass is 10.1. The van der Waals surface area contributed by atoms with Crippen molar-refractivity contribution in [3.63, 3.8) is 0 Å². The molecule has 2 aromatic rings. The van der Waals surface area contributed by atoms with E-state index in [0.29, 0.717) is 24.1 Å². The molecule has 24 heavy (non-hydrogen) atoms. The molecule has 7 heteroatoms. The highest BCUT2D eigenvalue weighted by Gasteiger charge is 2.17. The first-order valence-corrected chi connectivity index (χ1v) is 8.90. The van der Waals surface area contributed by atoms with Gasteiger partial charge < -0.3 is 5.32 Å². The number of hydrogen-bond acceptors (Lipinski definition) is 3. The van der Waals surface area contributed by atoms with Gasteiger partial charge >= 0.3 is 0 Å².